The van der Waals surface area contributed by atoms with Crippen LogP contribution in [-0.2, 0) is 6.61 Å². The number of hydrogen-bond donors (Lipinski definition) is 1. The second-order valence-electron chi connectivity index (χ2n) is 6.21. The molecule has 0 spiro atoms. The topological polar surface area (TPSA) is 98.9 Å². The Morgan fingerprint density at radius 3 is 2.61 bits per heavy atom. The van der Waals surface area contributed by atoms with E-state index >= 15 is 0 Å². The molecule has 2 aromatic carbocycles. The Labute approximate surface area is 188 Å². The molecule has 0 saturated heterocycles. The highest BCUT2D eigenvalue weighted by Gasteiger charge is 2.08. The lowest BCUT2D eigenvalue weighted by atomic mass is 10.2. The van der Waals surface area contributed by atoms with Gasteiger partial charge in [-0.15, -0.1) is 0 Å². The minimum atomic E-state index is -0.513. The fraction of sp³-hybridized carbons (Fsp3) is 0.143. The van der Waals surface area contributed by atoms with E-state index in [0.717, 1.165) is 17.3 Å². The summed E-state index contributed by atoms with van der Waals surface area (Å²) in [7, 11) is 0. The smallest absolute Gasteiger partial charge is 0.287 e. The van der Waals surface area contributed by atoms with Gasteiger partial charge < -0.3 is 9.47 Å². The highest BCUT2D eigenvalue weighted by atomic mass is 35.5. The van der Waals surface area contributed by atoms with Crippen LogP contribution in [0.5, 0.6) is 11.5 Å². The second-order valence-corrected chi connectivity index (χ2v) is 7.02. The molecule has 0 unspecified atom stereocenters. The normalized spacial score (nSPS) is 10.8. The summed E-state index contributed by atoms with van der Waals surface area (Å²) in [5.74, 6) is 1.53. The van der Waals surface area contributed by atoms with E-state index in [1.165, 1.54) is 12.1 Å². The van der Waals surface area contributed by atoms with Gasteiger partial charge in [0.1, 0.15) is 18.6 Å². The van der Waals surface area contributed by atoms with Crippen molar-refractivity contribution in [2.75, 3.05) is 12.0 Å². The number of nitro groups is 1. The van der Waals surface area contributed by atoms with E-state index < -0.39 is 4.92 Å². The number of ether oxygens (including phenoxy) is 2. The number of benzene rings is 2. The van der Waals surface area contributed by atoms with Gasteiger partial charge in [0.15, 0.2) is 11.5 Å². The molecule has 3 rings (SSSR count). The summed E-state index contributed by atoms with van der Waals surface area (Å²) in [6, 6.07) is 13.5. The summed E-state index contributed by atoms with van der Waals surface area (Å²) >= 11 is 12.0. The van der Waals surface area contributed by atoms with Crippen LogP contribution >= 0.6 is 23.2 Å². The van der Waals surface area contributed by atoms with Crippen molar-refractivity contribution in [2.45, 2.75) is 13.5 Å². The van der Waals surface area contributed by atoms with Gasteiger partial charge in [-0.25, -0.2) is 4.98 Å². The zero-order valence-corrected chi connectivity index (χ0v) is 17.9. The van der Waals surface area contributed by atoms with Gasteiger partial charge in [0, 0.05) is 6.07 Å². The minimum Gasteiger partial charge on any atom is -0.490 e. The third-order valence-electron chi connectivity index (χ3n) is 4.00. The molecule has 0 aliphatic carbocycles. The van der Waals surface area contributed by atoms with E-state index in [-0.39, 0.29) is 5.69 Å². The Hall–Kier alpha value is -3.36. The molecule has 31 heavy (non-hydrogen) atoms. The van der Waals surface area contributed by atoms with E-state index in [1.807, 2.05) is 19.1 Å². The van der Waals surface area contributed by atoms with Crippen LogP contribution in [-0.4, -0.2) is 22.7 Å². The molecule has 0 amide bonds. The van der Waals surface area contributed by atoms with E-state index in [4.69, 9.17) is 32.7 Å². The number of nitrogens with zero attached hydrogens (tertiary/aromatic N) is 3. The van der Waals surface area contributed by atoms with Crippen molar-refractivity contribution < 1.29 is 14.4 Å². The van der Waals surface area contributed by atoms with Crippen molar-refractivity contribution in [3.8, 4) is 11.5 Å². The average Bonchev–Trinajstić information content (AvgIpc) is 2.76. The standard InChI is InChI=1S/C21H18Cl2N4O4/c1-2-30-20-10-14(11-25-26-21-8-5-16(12-24-21)27(28)29)4-7-19(20)31-13-15-3-6-17(22)18(23)9-15/h3-12H,2,13H2,1H3,(H,24,26)/b25-11+. The zero-order chi connectivity index (χ0) is 22.2. The van der Waals surface area contributed by atoms with Gasteiger partial charge in [-0.1, -0.05) is 29.3 Å². The number of pyridine rings is 1. The maximum absolute atomic E-state index is 10.7. The summed E-state index contributed by atoms with van der Waals surface area (Å²) in [5, 5.41) is 15.7. The van der Waals surface area contributed by atoms with Crippen LogP contribution < -0.4 is 14.9 Å². The predicted octanol–water partition coefficient (Wildman–Crippen LogP) is 5.72. The van der Waals surface area contributed by atoms with Gasteiger partial charge in [-0.05, 0) is 54.4 Å². The highest BCUT2D eigenvalue weighted by molar-refractivity contribution is 6.42. The second kappa shape index (κ2) is 10.6. The molecule has 0 saturated carbocycles. The third-order valence-corrected chi connectivity index (χ3v) is 4.74. The Morgan fingerprint density at radius 2 is 1.94 bits per heavy atom. The SMILES string of the molecule is CCOc1cc(/C=N/Nc2ccc([N+](=O)[O-])cn2)ccc1OCc1ccc(Cl)c(Cl)c1. The van der Waals surface area contributed by atoms with Crippen molar-refractivity contribution in [1.82, 2.24) is 4.98 Å². The van der Waals surface area contributed by atoms with Crippen LogP contribution in [0.4, 0.5) is 11.5 Å². The molecule has 0 aliphatic heterocycles. The summed E-state index contributed by atoms with van der Waals surface area (Å²) < 4.78 is 11.6. The maximum Gasteiger partial charge on any atom is 0.287 e. The lowest BCUT2D eigenvalue weighted by molar-refractivity contribution is -0.385. The molecule has 0 radical (unpaired) electrons. The Balaban J connectivity index is 1.66. The van der Waals surface area contributed by atoms with Crippen molar-refractivity contribution in [3.05, 3.63) is 86.0 Å². The molecular weight excluding hydrogens is 443 g/mol. The number of hydrazone groups is 1. The number of aromatic nitrogens is 1. The van der Waals surface area contributed by atoms with Crippen molar-refractivity contribution in [2.24, 2.45) is 5.10 Å². The molecule has 8 nitrogen and oxygen atoms in total. The monoisotopic (exact) mass is 460 g/mol. The Morgan fingerprint density at radius 1 is 1.10 bits per heavy atom. The number of anilines is 1. The zero-order valence-electron chi connectivity index (χ0n) is 16.4. The first kappa shape index (κ1) is 22.3. The fourth-order valence-electron chi connectivity index (χ4n) is 2.52. The Bertz CT molecular complexity index is 1090. The van der Waals surface area contributed by atoms with E-state index in [9.17, 15) is 10.1 Å². The first-order valence-corrected chi connectivity index (χ1v) is 9.95. The largest absolute Gasteiger partial charge is 0.490 e. The first-order chi connectivity index (χ1) is 15.0. The van der Waals surface area contributed by atoms with Crippen molar-refractivity contribution in [1.29, 1.82) is 0 Å². The average molecular weight is 461 g/mol. The molecule has 0 bridgehead atoms. The van der Waals surface area contributed by atoms with E-state index in [0.29, 0.717) is 40.6 Å². The molecule has 160 valence electrons. The summed E-state index contributed by atoms with van der Waals surface area (Å²) in [6.07, 6.45) is 2.74. The molecule has 1 heterocycles. The molecule has 0 aliphatic rings. The van der Waals surface area contributed by atoms with Crippen LogP contribution in [0.15, 0.2) is 59.8 Å². The van der Waals surface area contributed by atoms with E-state index in [2.05, 4.69) is 15.5 Å². The lowest BCUT2D eigenvalue weighted by Crippen LogP contribution is -2.01. The van der Waals surface area contributed by atoms with Crippen LogP contribution in [0.25, 0.3) is 0 Å². The van der Waals surface area contributed by atoms with Crippen LogP contribution in [0.2, 0.25) is 10.0 Å². The number of rotatable bonds is 9. The summed E-state index contributed by atoms with van der Waals surface area (Å²) in [5.41, 5.74) is 4.27. The van der Waals surface area contributed by atoms with Gasteiger partial charge in [0.25, 0.3) is 5.69 Å². The molecule has 0 fully saturated rings. The third kappa shape index (κ3) is 6.31. The van der Waals surface area contributed by atoms with Crippen LogP contribution in [0.1, 0.15) is 18.1 Å². The number of nitrogens with one attached hydrogen (secondary N) is 1. The molecule has 1 aromatic heterocycles. The van der Waals surface area contributed by atoms with Gasteiger partial charge in [-0.3, -0.25) is 15.5 Å². The molecular formula is C21H18Cl2N4O4. The van der Waals surface area contributed by atoms with Crippen LogP contribution in [0.3, 0.4) is 0 Å². The van der Waals surface area contributed by atoms with Gasteiger partial charge in [-0.2, -0.15) is 5.10 Å². The molecule has 1 N–H and O–H groups in total. The van der Waals surface area contributed by atoms with Crippen LogP contribution in [0, 0.1) is 10.1 Å². The quantitative estimate of drug-likeness (QED) is 0.249. The maximum atomic E-state index is 10.7. The van der Waals surface area contributed by atoms with E-state index in [1.54, 1.807) is 30.5 Å². The minimum absolute atomic E-state index is 0.0904. The molecule has 0 atom stereocenters. The highest BCUT2D eigenvalue weighted by Crippen LogP contribution is 2.30. The van der Waals surface area contributed by atoms with Crippen molar-refractivity contribution in [3.63, 3.8) is 0 Å². The van der Waals surface area contributed by atoms with Gasteiger partial charge >= 0.3 is 0 Å². The number of halogens is 2. The molecule has 3 aromatic rings. The predicted molar refractivity (Wildman–Crippen MR) is 121 cm³/mol. The summed E-state index contributed by atoms with van der Waals surface area (Å²) in [6.45, 7) is 2.65. The lowest BCUT2D eigenvalue weighted by Gasteiger charge is -2.13. The Kier molecular flexibility index (Phi) is 7.64. The first-order valence-electron chi connectivity index (χ1n) is 9.19. The molecule has 10 heteroatoms. The summed E-state index contributed by atoms with van der Waals surface area (Å²) in [4.78, 5) is 14.1. The van der Waals surface area contributed by atoms with Gasteiger partial charge in [0.2, 0.25) is 0 Å². The number of hydrogen-bond acceptors (Lipinski definition) is 7. The van der Waals surface area contributed by atoms with Crippen molar-refractivity contribution >= 4 is 40.9 Å². The van der Waals surface area contributed by atoms with Gasteiger partial charge in [0.05, 0.1) is 27.8 Å². The fourth-order valence-corrected chi connectivity index (χ4v) is 2.84.